The third kappa shape index (κ3) is 3.12. The van der Waals surface area contributed by atoms with Gasteiger partial charge in [-0.05, 0) is 38.0 Å². The van der Waals surface area contributed by atoms with Crippen molar-refractivity contribution in [1.82, 2.24) is 14.5 Å². The molecule has 0 radical (unpaired) electrons. The Hall–Kier alpha value is -1.36. The molecule has 2 aliphatic heterocycles. The summed E-state index contributed by atoms with van der Waals surface area (Å²) in [5.41, 5.74) is 1.30. The summed E-state index contributed by atoms with van der Waals surface area (Å²) in [6.45, 7) is 4.18. The van der Waals surface area contributed by atoms with Gasteiger partial charge in [-0.2, -0.15) is 0 Å². The lowest BCUT2D eigenvalue weighted by atomic mass is 9.88. The third-order valence-corrected chi connectivity index (χ3v) is 5.05. The summed E-state index contributed by atoms with van der Waals surface area (Å²) in [6, 6.07) is 1.14. The molecule has 1 aromatic heterocycles. The van der Waals surface area contributed by atoms with Gasteiger partial charge in [-0.15, -0.1) is 0 Å². The zero-order valence-corrected chi connectivity index (χ0v) is 12.7. The SMILES string of the molecule is CCCn1cncc1CN1C2CCC1CC(CC(=O)O)C2. The number of imidazole rings is 1. The quantitative estimate of drug-likeness (QED) is 0.875. The van der Waals surface area contributed by atoms with Gasteiger partial charge < -0.3 is 9.67 Å². The largest absolute Gasteiger partial charge is 0.481 e. The van der Waals surface area contributed by atoms with E-state index in [9.17, 15) is 4.79 Å². The molecule has 2 fully saturated rings. The summed E-state index contributed by atoms with van der Waals surface area (Å²) < 4.78 is 2.25. The van der Waals surface area contributed by atoms with Crippen LogP contribution in [-0.4, -0.2) is 37.6 Å². The molecule has 1 N–H and O–H groups in total. The first kappa shape index (κ1) is 14.6. The summed E-state index contributed by atoms with van der Waals surface area (Å²) >= 11 is 0. The zero-order chi connectivity index (χ0) is 14.8. The minimum Gasteiger partial charge on any atom is -0.481 e. The highest BCUT2D eigenvalue weighted by Crippen LogP contribution is 2.40. The third-order valence-electron chi connectivity index (χ3n) is 5.05. The first-order valence-electron chi connectivity index (χ1n) is 8.14. The van der Waals surface area contributed by atoms with Crippen molar-refractivity contribution in [3.05, 3.63) is 18.2 Å². The van der Waals surface area contributed by atoms with E-state index >= 15 is 0 Å². The number of aliphatic carboxylic acids is 1. The Balaban J connectivity index is 1.65. The molecule has 5 nitrogen and oxygen atoms in total. The monoisotopic (exact) mass is 291 g/mol. The molecule has 0 saturated carbocycles. The number of rotatable bonds is 6. The van der Waals surface area contributed by atoms with E-state index in [-0.39, 0.29) is 0 Å². The van der Waals surface area contributed by atoms with Crippen molar-refractivity contribution in [3.8, 4) is 0 Å². The van der Waals surface area contributed by atoms with Crippen LogP contribution >= 0.6 is 0 Å². The van der Waals surface area contributed by atoms with E-state index in [4.69, 9.17) is 5.11 Å². The summed E-state index contributed by atoms with van der Waals surface area (Å²) in [6.07, 6.45) is 9.92. The maximum Gasteiger partial charge on any atom is 0.303 e. The predicted molar refractivity (Wildman–Crippen MR) is 79.8 cm³/mol. The summed E-state index contributed by atoms with van der Waals surface area (Å²) in [7, 11) is 0. The fraction of sp³-hybridized carbons (Fsp3) is 0.750. The molecule has 2 saturated heterocycles. The molecule has 2 bridgehead atoms. The van der Waals surface area contributed by atoms with Gasteiger partial charge in [0.05, 0.1) is 12.0 Å². The maximum atomic E-state index is 10.9. The van der Waals surface area contributed by atoms with Crippen molar-refractivity contribution in [2.75, 3.05) is 0 Å². The number of carbonyl (C=O) groups is 1. The van der Waals surface area contributed by atoms with Crippen molar-refractivity contribution in [2.24, 2.45) is 5.92 Å². The molecule has 21 heavy (non-hydrogen) atoms. The molecule has 5 heteroatoms. The molecule has 0 spiro atoms. The van der Waals surface area contributed by atoms with E-state index in [0.717, 1.165) is 32.4 Å². The van der Waals surface area contributed by atoms with E-state index in [0.29, 0.717) is 24.4 Å². The number of carboxylic acids is 1. The van der Waals surface area contributed by atoms with Gasteiger partial charge in [0, 0.05) is 37.8 Å². The second-order valence-electron chi connectivity index (χ2n) is 6.57. The van der Waals surface area contributed by atoms with Crippen molar-refractivity contribution in [1.29, 1.82) is 0 Å². The van der Waals surface area contributed by atoms with Crippen LogP contribution in [0.4, 0.5) is 0 Å². The fourth-order valence-electron chi connectivity index (χ4n) is 4.17. The summed E-state index contributed by atoms with van der Waals surface area (Å²) in [5.74, 6) is -0.273. The number of hydrogen-bond donors (Lipinski definition) is 1. The minimum atomic E-state index is -0.645. The molecule has 1 aromatic rings. The van der Waals surface area contributed by atoms with E-state index in [1.165, 1.54) is 18.5 Å². The van der Waals surface area contributed by atoms with Crippen LogP contribution in [0.15, 0.2) is 12.5 Å². The highest BCUT2D eigenvalue weighted by molar-refractivity contribution is 5.67. The molecule has 3 heterocycles. The van der Waals surface area contributed by atoms with Crippen LogP contribution in [0.1, 0.15) is 51.1 Å². The highest BCUT2D eigenvalue weighted by atomic mass is 16.4. The van der Waals surface area contributed by atoms with Crippen LogP contribution in [0.3, 0.4) is 0 Å². The topological polar surface area (TPSA) is 58.4 Å². The molecule has 0 aromatic carbocycles. The van der Waals surface area contributed by atoms with Crippen LogP contribution in [0.2, 0.25) is 0 Å². The molecule has 0 amide bonds. The number of piperidine rings is 1. The average Bonchev–Trinajstić information content (AvgIpc) is 2.94. The van der Waals surface area contributed by atoms with E-state index in [1.54, 1.807) is 0 Å². The first-order chi connectivity index (χ1) is 10.2. The Kier molecular flexibility index (Phi) is 4.29. The zero-order valence-electron chi connectivity index (χ0n) is 12.7. The summed E-state index contributed by atoms with van der Waals surface area (Å²) in [4.78, 5) is 17.8. The number of hydrogen-bond acceptors (Lipinski definition) is 3. The second kappa shape index (κ2) is 6.18. The standard InChI is InChI=1S/C16H25N3O2/c1-2-5-18-11-17-9-15(18)10-19-13-3-4-14(19)7-12(6-13)8-16(20)21/h9,11-14H,2-8,10H2,1H3,(H,20,21). The lowest BCUT2D eigenvalue weighted by molar-refractivity contribution is -0.138. The van der Waals surface area contributed by atoms with Crippen molar-refractivity contribution in [2.45, 2.75) is 70.6 Å². The maximum absolute atomic E-state index is 10.9. The molecule has 2 aliphatic rings. The molecule has 2 unspecified atom stereocenters. The van der Waals surface area contributed by atoms with Gasteiger partial charge in [-0.25, -0.2) is 4.98 Å². The number of nitrogens with zero attached hydrogens (tertiary/aromatic N) is 3. The smallest absolute Gasteiger partial charge is 0.303 e. The Morgan fingerprint density at radius 1 is 1.38 bits per heavy atom. The lowest BCUT2D eigenvalue weighted by Gasteiger charge is -2.38. The highest BCUT2D eigenvalue weighted by Gasteiger charge is 2.41. The van der Waals surface area contributed by atoms with Gasteiger partial charge in [-0.3, -0.25) is 9.69 Å². The Labute approximate surface area is 126 Å². The number of aryl methyl sites for hydroxylation is 1. The van der Waals surface area contributed by atoms with E-state index in [1.807, 2.05) is 12.5 Å². The predicted octanol–water partition coefficient (Wildman–Crippen LogP) is 2.51. The average molecular weight is 291 g/mol. The van der Waals surface area contributed by atoms with E-state index < -0.39 is 5.97 Å². The van der Waals surface area contributed by atoms with Gasteiger partial charge in [0.2, 0.25) is 0 Å². The number of aromatic nitrogens is 2. The molecular formula is C16H25N3O2. The Bertz CT molecular complexity index is 485. The van der Waals surface area contributed by atoms with Crippen LogP contribution < -0.4 is 0 Å². The fourth-order valence-corrected chi connectivity index (χ4v) is 4.17. The van der Waals surface area contributed by atoms with Gasteiger partial charge in [-0.1, -0.05) is 6.92 Å². The molecule has 0 aliphatic carbocycles. The van der Waals surface area contributed by atoms with Gasteiger partial charge in [0.15, 0.2) is 0 Å². The minimum absolute atomic E-state index is 0.342. The van der Waals surface area contributed by atoms with Crippen LogP contribution in [-0.2, 0) is 17.9 Å². The van der Waals surface area contributed by atoms with Crippen LogP contribution in [0.25, 0.3) is 0 Å². The van der Waals surface area contributed by atoms with Gasteiger partial charge in [0.25, 0.3) is 0 Å². The van der Waals surface area contributed by atoms with Gasteiger partial charge in [0.1, 0.15) is 0 Å². The van der Waals surface area contributed by atoms with Crippen molar-refractivity contribution in [3.63, 3.8) is 0 Å². The van der Waals surface area contributed by atoms with Crippen molar-refractivity contribution >= 4 is 5.97 Å². The Morgan fingerprint density at radius 2 is 2.10 bits per heavy atom. The number of carboxylic acid groups (broad SMARTS) is 1. The molecule has 3 rings (SSSR count). The van der Waals surface area contributed by atoms with E-state index in [2.05, 4.69) is 21.4 Å². The molecule has 116 valence electrons. The Morgan fingerprint density at radius 3 is 2.71 bits per heavy atom. The normalized spacial score (nSPS) is 28.9. The van der Waals surface area contributed by atoms with Crippen LogP contribution in [0, 0.1) is 5.92 Å². The number of fused-ring (bicyclic) bond motifs is 2. The molecule has 2 atom stereocenters. The van der Waals surface area contributed by atoms with Gasteiger partial charge >= 0.3 is 5.97 Å². The van der Waals surface area contributed by atoms with Crippen LogP contribution in [0.5, 0.6) is 0 Å². The second-order valence-corrected chi connectivity index (χ2v) is 6.57. The van der Waals surface area contributed by atoms with Crippen molar-refractivity contribution < 1.29 is 9.90 Å². The lowest BCUT2D eigenvalue weighted by Crippen LogP contribution is -2.43. The summed E-state index contributed by atoms with van der Waals surface area (Å²) in [5, 5.41) is 9.00. The molecular weight excluding hydrogens is 266 g/mol. The first-order valence-corrected chi connectivity index (χ1v) is 8.14.